The minimum absolute atomic E-state index is 0.0460. The summed E-state index contributed by atoms with van der Waals surface area (Å²) in [7, 11) is -4.26. The summed E-state index contributed by atoms with van der Waals surface area (Å²) in [6, 6.07) is 17.3. The molecule has 1 N–H and O–H groups in total. The number of carbonyl (C=O) groups is 2. The maximum Gasteiger partial charge on any atom is 0.264 e. The lowest BCUT2D eigenvalue weighted by atomic mass is 9.95. The monoisotopic (exact) mass is 599 g/mol. The van der Waals surface area contributed by atoms with Gasteiger partial charge in [-0.25, -0.2) is 12.8 Å². The van der Waals surface area contributed by atoms with Gasteiger partial charge in [-0.05, 0) is 80.8 Å². The first-order valence-corrected chi connectivity index (χ1v) is 15.6. The van der Waals surface area contributed by atoms with Crippen LogP contribution in [0.15, 0.2) is 77.7 Å². The van der Waals surface area contributed by atoms with E-state index in [0.717, 1.165) is 54.1 Å². The van der Waals surface area contributed by atoms with E-state index in [1.54, 1.807) is 55.5 Å². The van der Waals surface area contributed by atoms with Crippen molar-refractivity contribution in [1.29, 1.82) is 0 Å². The van der Waals surface area contributed by atoms with Gasteiger partial charge in [0.05, 0.1) is 10.6 Å². The van der Waals surface area contributed by atoms with Gasteiger partial charge in [0, 0.05) is 17.6 Å². The number of hydrogen-bond donors (Lipinski definition) is 1. The number of anilines is 1. The molecule has 7 nitrogen and oxygen atoms in total. The Morgan fingerprint density at radius 2 is 1.66 bits per heavy atom. The number of aryl methyl sites for hydroxylation is 1. The van der Waals surface area contributed by atoms with E-state index < -0.39 is 34.3 Å². The molecule has 0 saturated heterocycles. The molecule has 3 aromatic carbocycles. The zero-order chi connectivity index (χ0) is 29.6. The Morgan fingerprint density at radius 3 is 2.29 bits per heavy atom. The lowest BCUT2D eigenvalue weighted by Crippen LogP contribution is -2.53. The van der Waals surface area contributed by atoms with Crippen molar-refractivity contribution in [3.63, 3.8) is 0 Å². The number of amides is 2. The highest BCUT2D eigenvalue weighted by atomic mass is 35.5. The zero-order valence-corrected chi connectivity index (χ0v) is 24.8. The summed E-state index contributed by atoms with van der Waals surface area (Å²) in [6.07, 6.45) is 4.99. The molecule has 0 spiro atoms. The summed E-state index contributed by atoms with van der Waals surface area (Å²) in [4.78, 5) is 28.6. The summed E-state index contributed by atoms with van der Waals surface area (Å²) in [5, 5.41) is 3.56. The molecule has 3 aromatic rings. The van der Waals surface area contributed by atoms with Crippen molar-refractivity contribution in [2.75, 3.05) is 10.8 Å². The van der Waals surface area contributed by atoms with Gasteiger partial charge in [-0.3, -0.25) is 13.9 Å². The van der Waals surface area contributed by atoms with Crippen LogP contribution < -0.4 is 9.62 Å². The van der Waals surface area contributed by atoms with Crippen molar-refractivity contribution in [2.24, 2.45) is 0 Å². The van der Waals surface area contributed by atoms with E-state index in [1.807, 2.05) is 6.92 Å². The summed E-state index contributed by atoms with van der Waals surface area (Å²) in [5.41, 5.74) is 1.89. The Hall–Kier alpha value is -3.43. The highest BCUT2D eigenvalue weighted by molar-refractivity contribution is 7.92. The smallest absolute Gasteiger partial charge is 0.264 e. The number of carbonyl (C=O) groups excluding carboxylic acids is 2. The van der Waals surface area contributed by atoms with Crippen LogP contribution in [0.4, 0.5) is 10.1 Å². The van der Waals surface area contributed by atoms with Crippen LogP contribution in [-0.4, -0.2) is 43.8 Å². The van der Waals surface area contributed by atoms with Crippen LogP contribution in [0.2, 0.25) is 5.02 Å². The molecular weight excluding hydrogens is 565 g/mol. The van der Waals surface area contributed by atoms with Crippen LogP contribution in [0.3, 0.4) is 0 Å². The van der Waals surface area contributed by atoms with Crippen LogP contribution >= 0.6 is 11.6 Å². The number of benzene rings is 3. The molecule has 2 amide bonds. The van der Waals surface area contributed by atoms with Crippen LogP contribution in [-0.2, 0) is 26.2 Å². The van der Waals surface area contributed by atoms with Gasteiger partial charge in [-0.1, -0.05) is 60.7 Å². The van der Waals surface area contributed by atoms with E-state index >= 15 is 0 Å². The molecule has 10 heteroatoms. The molecule has 1 aliphatic rings. The van der Waals surface area contributed by atoms with E-state index in [9.17, 15) is 22.4 Å². The van der Waals surface area contributed by atoms with Crippen LogP contribution in [0.1, 0.15) is 50.2 Å². The van der Waals surface area contributed by atoms with Gasteiger partial charge in [-0.2, -0.15) is 0 Å². The first-order chi connectivity index (χ1) is 19.5. The molecule has 4 rings (SSSR count). The van der Waals surface area contributed by atoms with Gasteiger partial charge in [0.1, 0.15) is 18.4 Å². The summed E-state index contributed by atoms with van der Waals surface area (Å²) in [6.45, 7) is 3.00. The van der Waals surface area contributed by atoms with Crippen LogP contribution in [0, 0.1) is 12.7 Å². The van der Waals surface area contributed by atoms with Gasteiger partial charge < -0.3 is 10.2 Å². The maximum atomic E-state index is 14.0. The van der Waals surface area contributed by atoms with Crippen molar-refractivity contribution in [3.8, 4) is 0 Å². The standard InChI is InChI=1S/C31H35ClFN3O4S/c1-22-11-15-28(16-12-22)36(41(39,40)29-17-13-26(33)14-18-29)21-30(37)35(20-24-7-6-8-25(32)19-24)23(2)31(38)34-27-9-4-3-5-10-27/h6-8,11-19,23,27H,3-5,9-10,20-21H2,1-2H3,(H,34,38). The second-order valence-electron chi connectivity index (χ2n) is 10.5. The van der Waals surface area contributed by atoms with E-state index in [1.165, 1.54) is 17.0 Å². The van der Waals surface area contributed by atoms with Crippen molar-refractivity contribution >= 4 is 39.1 Å². The Kier molecular flexibility index (Phi) is 10.0. The number of nitrogens with one attached hydrogen (secondary N) is 1. The molecule has 0 radical (unpaired) electrons. The Morgan fingerprint density at radius 1 is 1.00 bits per heavy atom. The molecule has 218 valence electrons. The summed E-state index contributed by atoms with van der Waals surface area (Å²) < 4.78 is 42.2. The van der Waals surface area contributed by atoms with Crippen molar-refractivity contribution in [2.45, 2.75) is 69.5 Å². The van der Waals surface area contributed by atoms with Crippen molar-refractivity contribution in [1.82, 2.24) is 10.2 Å². The average molecular weight is 600 g/mol. The first-order valence-electron chi connectivity index (χ1n) is 13.7. The SMILES string of the molecule is Cc1ccc(N(CC(=O)N(Cc2cccc(Cl)c2)C(C)C(=O)NC2CCCCC2)S(=O)(=O)c2ccc(F)cc2)cc1. The molecule has 0 aliphatic heterocycles. The average Bonchev–Trinajstić information content (AvgIpc) is 2.95. The normalized spacial score (nSPS) is 14.7. The lowest BCUT2D eigenvalue weighted by Gasteiger charge is -2.33. The van der Waals surface area contributed by atoms with Gasteiger partial charge in [0.2, 0.25) is 11.8 Å². The second-order valence-corrected chi connectivity index (χ2v) is 12.8. The molecule has 1 fully saturated rings. The molecule has 0 bridgehead atoms. The predicted octanol–water partition coefficient (Wildman–Crippen LogP) is 5.85. The number of sulfonamides is 1. The van der Waals surface area contributed by atoms with Crippen LogP contribution in [0.5, 0.6) is 0 Å². The van der Waals surface area contributed by atoms with E-state index in [-0.39, 0.29) is 29.1 Å². The minimum atomic E-state index is -4.26. The van der Waals surface area contributed by atoms with Gasteiger partial charge in [0.15, 0.2) is 0 Å². The predicted molar refractivity (Wildman–Crippen MR) is 159 cm³/mol. The maximum absolute atomic E-state index is 14.0. The van der Waals surface area contributed by atoms with Crippen molar-refractivity contribution < 1.29 is 22.4 Å². The topological polar surface area (TPSA) is 86.8 Å². The van der Waals surface area contributed by atoms with Crippen LogP contribution in [0.25, 0.3) is 0 Å². The highest BCUT2D eigenvalue weighted by Gasteiger charge is 2.33. The fourth-order valence-electron chi connectivity index (χ4n) is 4.96. The Labute approximate surface area is 246 Å². The third kappa shape index (κ3) is 7.86. The number of rotatable bonds is 10. The van der Waals surface area contributed by atoms with E-state index in [0.29, 0.717) is 10.6 Å². The molecule has 0 heterocycles. The third-order valence-electron chi connectivity index (χ3n) is 7.36. The molecule has 1 aliphatic carbocycles. The van der Waals surface area contributed by atoms with Gasteiger partial charge in [-0.15, -0.1) is 0 Å². The lowest BCUT2D eigenvalue weighted by molar-refractivity contribution is -0.139. The Bertz CT molecular complexity index is 1460. The summed E-state index contributed by atoms with van der Waals surface area (Å²) >= 11 is 6.20. The molecule has 1 saturated carbocycles. The van der Waals surface area contributed by atoms with E-state index in [2.05, 4.69) is 5.32 Å². The quantitative estimate of drug-likeness (QED) is 0.317. The van der Waals surface area contributed by atoms with Crippen molar-refractivity contribution in [3.05, 3.63) is 94.8 Å². The molecular formula is C31H35ClFN3O4S. The minimum Gasteiger partial charge on any atom is -0.352 e. The number of nitrogens with zero attached hydrogens (tertiary/aromatic N) is 2. The third-order valence-corrected chi connectivity index (χ3v) is 9.39. The molecule has 1 atom stereocenters. The largest absolute Gasteiger partial charge is 0.352 e. The Balaban J connectivity index is 1.67. The fraction of sp³-hybridized carbons (Fsp3) is 0.355. The number of hydrogen-bond acceptors (Lipinski definition) is 4. The van der Waals surface area contributed by atoms with E-state index in [4.69, 9.17) is 11.6 Å². The van der Waals surface area contributed by atoms with Gasteiger partial charge in [0.25, 0.3) is 10.0 Å². The van der Waals surface area contributed by atoms with Gasteiger partial charge >= 0.3 is 0 Å². The zero-order valence-electron chi connectivity index (χ0n) is 23.2. The molecule has 41 heavy (non-hydrogen) atoms. The highest BCUT2D eigenvalue weighted by Crippen LogP contribution is 2.26. The fourth-order valence-corrected chi connectivity index (χ4v) is 6.58. The number of halogens is 2. The second kappa shape index (κ2) is 13.5. The summed E-state index contributed by atoms with van der Waals surface area (Å²) in [5.74, 6) is -1.44. The first kappa shape index (κ1) is 30.5. The molecule has 1 unspecified atom stereocenters. The molecule has 0 aromatic heterocycles.